The number of benzene rings is 1. The number of urea groups is 1. The zero-order chi connectivity index (χ0) is 39.0. The minimum absolute atomic E-state index is 0.0427. The van der Waals surface area contributed by atoms with Crippen molar-refractivity contribution in [3.05, 3.63) is 29.8 Å². The van der Waals surface area contributed by atoms with E-state index in [0.29, 0.717) is 37.1 Å². The molecule has 1 rings (SSSR count). The van der Waals surface area contributed by atoms with Gasteiger partial charge < -0.3 is 47.5 Å². The SMILES string of the molecule is CC[C@H](C)[C@@H]([C@@H](CC(N)=O)OC)N(C)C(=O)[C@@H](NC(=O)[C@H](C(C)C)N(C)C(=O)OCc1ccc(NC(=O)[C@@H](N)CCCNC(N)=O)cc1)C(C)C. The van der Waals surface area contributed by atoms with E-state index in [-0.39, 0.29) is 36.7 Å². The van der Waals surface area contributed by atoms with Gasteiger partial charge in [-0.2, -0.15) is 0 Å². The Morgan fingerprint density at radius 3 is 1.98 bits per heavy atom. The quantitative estimate of drug-likeness (QED) is 0.102. The molecular formula is C35H60N8O8. The van der Waals surface area contributed by atoms with E-state index >= 15 is 0 Å². The first-order valence-corrected chi connectivity index (χ1v) is 17.3. The summed E-state index contributed by atoms with van der Waals surface area (Å²) in [5.41, 5.74) is 17.6. The van der Waals surface area contributed by atoms with Crippen LogP contribution in [0.25, 0.3) is 0 Å². The van der Waals surface area contributed by atoms with E-state index < -0.39 is 60.1 Å². The number of nitrogens with zero attached hydrogens (tertiary/aromatic N) is 2. The Bertz CT molecular complexity index is 1310. The molecule has 6 atom stereocenters. The number of likely N-dealkylation sites (N-methyl/N-ethyl adjacent to an activating group) is 2. The lowest BCUT2D eigenvalue weighted by Crippen LogP contribution is -2.60. The molecule has 0 bridgehead atoms. The summed E-state index contributed by atoms with van der Waals surface area (Å²) in [4.78, 5) is 78.5. The highest BCUT2D eigenvalue weighted by Gasteiger charge is 2.39. The zero-order valence-corrected chi connectivity index (χ0v) is 31.6. The van der Waals surface area contributed by atoms with Gasteiger partial charge in [0.1, 0.15) is 18.7 Å². The third-order valence-corrected chi connectivity index (χ3v) is 8.86. The Labute approximate surface area is 301 Å². The number of carbonyl (C=O) groups excluding carboxylic acids is 6. The molecule has 288 valence electrons. The first kappa shape index (κ1) is 44.6. The lowest BCUT2D eigenvalue weighted by molar-refractivity contribution is -0.144. The van der Waals surface area contributed by atoms with Crippen LogP contribution in [0.5, 0.6) is 0 Å². The van der Waals surface area contributed by atoms with Gasteiger partial charge in [0.25, 0.3) is 0 Å². The molecule has 1 aromatic rings. The Morgan fingerprint density at radius 1 is 0.882 bits per heavy atom. The fourth-order valence-electron chi connectivity index (χ4n) is 5.77. The van der Waals surface area contributed by atoms with Crippen LogP contribution in [0, 0.1) is 17.8 Å². The topological polar surface area (TPSA) is 242 Å². The van der Waals surface area contributed by atoms with E-state index in [1.54, 1.807) is 45.2 Å². The van der Waals surface area contributed by atoms with Crippen molar-refractivity contribution in [3.63, 3.8) is 0 Å². The van der Waals surface area contributed by atoms with E-state index in [1.165, 1.54) is 24.0 Å². The molecule has 51 heavy (non-hydrogen) atoms. The monoisotopic (exact) mass is 720 g/mol. The largest absolute Gasteiger partial charge is 0.445 e. The van der Waals surface area contributed by atoms with Gasteiger partial charge in [0.2, 0.25) is 23.6 Å². The molecule has 7 amide bonds. The zero-order valence-electron chi connectivity index (χ0n) is 31.6. The number of primary amides is 2. The van der Waals surface area contributed by atoms with Gasteiger partial charge in [-0.1, -0.05) is 60.1 Å². The van der Waals surface area contributed by atoms with Gasteiger partial charge in [0.15, 0.2) is 0 Å². The maximum Gasteiger partial charge on any atom is 0.410 e. The summed E-state index contributed by atoms with van der Waals surface area (Å²) < 4.78 is 11.1. The van der Waals surface area contributed by atoms with Crippen LogP contribution in [0.15, 0.2) is 24.3 Å². The molecule has 0 unspecified atom stereocenters. The van der Waals surface area contributed by atoms with Crippen LogP contribution in [0.1, 0.15) is 72.8 Å². The van der Waals surface area contributed by atoms with Crippen molar-refractivity contribution in [3.8, 4) is 0 Å². The molecule has 0 fully saturated rings. The van der Waals surface area contributed by atoms with E-state index in [1.807, 2.05) is 27.7 Å². The number of nitrogens with two attached hydrogens (primary N) is 3. The first-order chi connectivity index (χ1) is 23.9. The number of methoxy groups -OCH3 is 1. The summed E-state index contributed by atoms with van der Waals surface area (Å²) in [5.74, 6) is -2.51. The molecule has 16 nitrogen and oxygen atoms in total. The van der Waals surface area contributed by atoms with Crippen LogP contribution in [0.3, 0.4) is 0 Å². The molecule has 0 aromatic heterocycles. The number of nitrogens with one attached hydrogen (secondary N) is 3. The summed E-state index contributed by atoms with van der Waals surface area (Å²) >= 11 is 0. The molecule has 0 saturated carbocycles. The molecule has 16 heteroatoms. The number of hydrogen-bond acceptors (Lipinski definition) is 9. The summed E-state index contributed by atoms with van der Waals surface area (Å²) in [6, 6.07) is 2.84. The number of hydrogen-bond donors (Lipinski definition) is 6. The highest BCUT2D eigenvalue weighted by molar-refractivity contribution is 5.94. The predicted octanol–water partition coefficient (Wildman–Crippen LogP) is 1.90. The van der Waals surface area contributed by atoms with Gasteiger partial charge in [-0.25, -0.2) is 9.59 Å². The molecule has 0 radical (unpaired) electrons. The normalized spacial score (nSPS) is 14.7. The summed E-state index contributed by atoms with van der Waals surface area (Å²) in [6.45, 7) is 11.3. The Kier molecular flexibility index (Phi) is 19.0. The van der Waals surface area contributed by atoms with Crippen molar-refractivity contribution in [2.45, 2.75) is 104 Å². The number of rotatable bonds is 21. The molecule has 0 aliphatic rings. The van der Waals surface area contributed by atoms with Gasteiger partial charge in [-0.15, -0.1) is 0 Å². The van der Waals surface area contributed by atoms with E-state index in [0.717, 1.165) is 0 Å². The van der Waals surface area contributed by atoms with Gasteiger partial charge in [0, 0.05) is 33.4 Å². The highest BCUT2D eigenvalue weighted by Crippen LogP contribution is 2.23. The van der Waals surface area contributed by atoms with Crippen molar-refractivity contribution >= 4 is 41.4 Å². The van der Waals surface area contributed by atoms with Crippen LogP contribution in [0.2, 0.25) is 0 Å². The molecule has 0 heterocycles. The van der Waals surface area contributed by atoms with Crippen LogP contribution in [0.4, 0.5) is 15.3 Å². The van der Waals surface area contributed by atoms with Gasteiger partial charge in [-0.05, 0) is 48.3 Å². The number of carbonyl (C=O) groups is 6. The average molecular weight is 721 g/mol. The highest BCUT2D eigenvalue weighted by atomic mass is 16.6. The fourth-order valence-corrected chi connectivity index (χ4v) is 5.77. The molecular weight excluding hydrogens is 660 g/mol. The van der Waals surface area contributed by atoms with Crippen molar-refractivity contribution in [2.75, 3.05) is 33.1 Å². The average Bonchev–Trinajstić information content (AvgIpc) is 3.06. The van der Waals surface area contributed by atoms with Gasteiger partial charge >= 0.3 is 12.1 Å². The third-order valence-electron chi connectivity index (χ3n) is 8.86. The lowest BCUT2D eigenvalue weighted by atomic mass is 9.89. The maximum absolute atomic E-state index is 13.9. The van der Waals surface area contributed by atoms with Crippen molar-refractivity contribution in [1.29, 1.82) is 0 Å². The number of anilines is 1. The second-order valence-electron chi connectivity index (χ2n) is 13.6. The Balaban J connectivity index is 2.95. The van der Waals surface area contributed by atoms with Crippen molar-refractivity contribution in [1.82, 2.24) is 20.4 Å². The first-order valence-electron chi connectivity index (χ1n) is 17.3. The van der Waals surface area contributed by atoms with Crippen LogP contribution >= 0.6 is 0 Å². The molecule has 1 aromatic carbocycles. The molecule has 0 aliphatic heterocycles. The lowest BCUT2D eigenvalue weighted by Gasteiger charge is -2.40. The standard InChI is InChI=1S/C35H60N8O8/c1-10-22(6)30(26(50-9)18-27(37)44)42(7)33(47)28(20(2)3)41-32(46)29(21(4)5)43(8)35(49)51-19-23-13-15-24(16-14-23)40-31(45)25(36)12-11-17-39-34(38)48/h13-16,20-22,25-26,28-30H,10-12,17-19,36H2,1-9H3,(H2,37,44)(H,40,45)(H,41,46)(H3,38,39,48)/t22-,25-,26+,28-,29-,30-/m0/s1. The summed E-state index contributed by atoms with van der Waals surface area (Å²) in [7, 11) is 4.56. The molecule has 0 aliphatic carbocycles. The van der Waals surface area contributed by atoms with E-state index in [9.17, 15) is 28.8 Å². The summed E-state index contributed by atoms with van der Waals surface area (Å²) in [6.07, 6.45) is 0.0880. The predicted molar refractivity (Wildman–Crippen MR) is 194 cm³/mol. The Morgan fingerprint density at radius 2 is 1.49 bits per heavy atom. The maximum atomic E-state index is 13.9. The van der Waals surface area contributed by atoms with Crippen molar-refractivity contribution in [2.24, 2.45) is 35.0 Å². The third kappa shape index (κ3) is 14.4. The second-order valence-corrected chi connectivity index (χ2v) is 13.6. The molecule has 9 N–H and O–H groups in total. The second kappa shape index (κ2) is 21.7. The number of amides is 7. The van der Waals surface area contributed by atoms with E-state index in [2.05, 4.69) is 16.0 Å². The minimum atomic E-state index is -0.961. The van der Waals surface area contributed by atoms with Gasteiger partial charge in [-0.3, -0.25) is 24.1 Å². The van der Waals surface area contributed by atoms with Crippen molar-refractivity contribution < 1.29 is 38.2 Å². The smallest absolute Gasteiger partial charge is 0.410 e. The minimum Gasteiger partial charge on any atom is -0.445 e. The molecule has 0 spiro atoms. The van der Waals surface area contributed by atoms with Crippen LogP contribution in [-0.4, -0.2) is 104 Å². The van der Waals surface area contributed by atoms with Crippen LogP contribution < -0.4 is 33.2 Å². The number of ether oxygens (including phenoxy) is 2. The van der Waals surface area contributed by atoms with Gasteiger partial charge in [0.05, 0.1) is 24.6 Å². The Hall–Kier alpha value is -4.44. The van der Waals surface area contributed by atoms with E-state index in [4.69, 9.17) is 26.7 Å². The molecule has 0 saturated heterocycles. The summed E-state index contributed by atoms with van der Waals surface area (Å²) in [5, 5.41) is 8.03. The fraction of sp³-hybridized carbons (Fsp3) is 0.657. The van der Waals surface area contributed by atoms with Crippen LogP contribution in [-0.2, 0) is 35.3 Å².